The van der Waals surface area contributed by atoms with E-state index in [-0.39, 0.29) is 68.2 Å². The van der Waals surface area contributed by atoms with Crippen LogP contribution in [0.2, 0.25) is 0 Å². The van der Waals surface area contributed by atoms with Gasteiger partial charge in [0.15, 0.2) is 25.6 Å². The summed E-state index contributed by atoms with van der Waals surface area (Å²) in [6.45, 7) is 75.8. The lowest BCUT2D eigenvalue weighted by molar-refractivity contribution is -0.110. The monoisotopic (exact) mass is 1770 g/mol. The van der Waals surface area contributed by atoms with Crippen LogP contribution in [0.3, 0.4) is 0 Å². The largest absolute Gasteiger partial charge is 0.288 e. The summed E-state index contributed by atoms with van der Waals surface area (Å²) in [4.78, 5) is 65.1. The van der Waals surface area contributed by atoms with Crippen molar-refractivity contribution in [3.05, 3.63) is 47.6 Å². The molecule has 0 saturated heterocycles. The zero-order valence-corrected chi connectivity index (χ0v) is 90.4. The molecule has 21 atom stereocenters. The maximum Gasteiger partial charge on any atom is 0.186 e. The summed E-state index contributed by atoms with van der Waals surface area (Å²) in [5.41, 5.74) is 3.64. The Morgan fingerprint density at radius 1 is 0.383 bits per heavy atom. The van der Waals surface area contributed by atoms with Crippen molar-refractivity contribution in [2.75, 3.05) is 0 Å². The molecule has 0 aliphatic rings. The number of carbonyl (C=O) groups excluding carboxylic acids is 5. The van der Waals surface area contributed by atoms with Gasteiger partial charge in [0.05, 0.1) is 0 Å². The van der Waals surface area contributed by atoms with Crippen LogP contribution in [-0.4, -0.2) is 46.1 Å². The quantitative estimate of drug-likeness (QED) is 0.0473. The number of thiol groups is 1. The van der Waals surface area contributed by atoms with Gasteiger partial charge in [-0.2, -0.15) is 0 Å². The molecule has 0 radical (unpaired) electrons. The Labute approximate surface area is 774 Å². The van der Waals surface area contributed by atoms with Crippen LogP contribution < -0.4 is 0 Å². The van der Waals surface area contributed by atoms with E-state index in [0.717, 1.165) is 192 Å². The van der Waals surface area contributed by atoms with Crippen molar-refractivity contribution in [3.8, 4) is 0 Å². The van der Waals surface area contributed by atoms with E-state index in [1.54, 1.807) is 58.2 Å². The lowest BCUT2D eigenvalue weighted by Gasteiger charge is -2.50. The summed E-state index contributed by atoms with van der Waals surface area (Å²) in [7, 11) is 0. The van der Waals surface area contributed by atoms with E-state index in [1.807, 2.05) is 27.7 Å². The fraction of sp³-hybridized carbons (Fsp3) is 0.882. The average Bonchev–Trinajstić information content (AvgIpc) is 0.774. The minimum atomic E-state index is -0.186. The summed E-state index contributed by atoms with van der Waals surface area (Å²) >= 11 is 10.0. The Morgan fingerprint density at radius 3 is 1.18 bits per heavy atom. The Hall–Kier alpha value is -0.940. The van der Waals surface area contributed by atoms with Crippen LogP contribution >= 0.6 is 59.7 Å². The van der Waals surface area contributed by atoms with E-state index in [4.69, 9.17) is 0 Å². The first-order chi connectivity index (χ1) is 57.1. The molecule has 0 aliphatic heterocycles. The van der Waals surface area contributed by atoms with Gasteiger partial charge in [0, 0.05) is 55.1 Å². The minimum absolute atomic E-state index is 0.00905. The van der Waals surface area contributed by atoms with Crippen LogP contribution in [0, 0.1) is 98.6 Å². The van der Waals surface area contributed by atoms with Gasteiger partial charge < -0.3 is 0 Å². The van der Waals surface area contributed by atoms with E-state index in [2.05, 4.69) is 243 Å². The van der Waals surface area contributed by atoms with Crippen molar-refractivity contribution in [2.45, 2.75) is 525 Å². The van der Waals surface area contributed by atoms with Crippen LogP contribution in [-0.2, 0) is 24.0 Å². The van der Waals surface area contributed by atoms with Crippen LogP contribution in [0.15, 0.2) is 47.6 Å². The molecule has 21 unspecified atom stereocenters. The van der Waals surface area contributed by atoms with E-state index in [9.17, 15) is 24.0 Å². The van der Waals surface area contributed by atoms with E-state index in [0.29, 0.717) is 64.6 Å². The second-order valence-electron chi connectivity index (χ2n) is 38.1. The zero-order chi connectivity index (χ0) is 92.3. The number of rotatable bonds is 70. The molecule has 708 valence electrons. The molecule has 10 heteroatoms. The van der Waals surface area contributed by atoms with Gasteiger partial charge >= 0.3 is 0 Å². The van der Waals surface area contributed by atoms with Crippen molar-refractivity contribution in [2.24, 2.45) is 98.6 Å². The molecule has 0 rings (SSSR count). The van der Waals surface area contributed by atoms with Crippen LogP contribution in [0.1, 0.15) is 505 Å². The molecule has 0 heterocycles. The molecule has 0 N–H and O–H groups in total. The Morgan fingerprint density at radius 2 is 0.817 bits per heavy atom. The van der Waals surface area contributed by atoms with Crippen molar-refractivity contribution in [1.82, 2.24) is 0 Å². The predicted molar refractivity (Wildman–Crippen MR) is 554 cm³/mol. The fourth-order valence-electron chi connectivity index (χ4n) is 24.2. The number of carbonyl (C=O) groups is 5. The third-order valence-electron chi connectivity index (χ3n) is 30.1. The van der Waals surface area contributed by atoms with Gasteiger partial charge in [0.25, 0.3) is 0 Å². The van der Waals surface area contributed by atoms with Gasteiger partial charge in [0.2, 0.25) is 0 Å². The highest BCUT2D eigenvalue weighted by Gasteiger charge is 2.50. The first kappa shape index (κ1) is 123. The predicted octanol–water partition coefficient (Wildman–Crippen LogP) is 37.7. The molecule has 0 fully saturated rings. The highest BCUT2D eigenvalue weighted by atomic mass is 32.2. The normalized spacial score (nSPS) is 19.0. The van der Waals surface area contributed by atoms with E-state index in [1.165, 1.54) is 103 Å². The van der Waals surface area contributed by atoms with E-state index < -0.39 is 0 Å². The topological polar surface area (TPSA) is 85.3 Å². The number of hydrogen-bond acceptors (Lipinski definition) is 9. The molecular weight excluding hydrogens is 1560 g/mol. The lowest BCUT2D eigenvalue weighted by Crippen LogP contribution is -2.44. The van der Waals surface area contributed by atoms with E-state index >= 15 is 0 Å². The molecule has 0 aliphatic carbocycles. The first-order valence-electron chi connectivity index (χ1n) is 51.7. The van der Waals surface area contributed by atoms with Crippen LogP contribution in [0.4, 0.5) is 0 Å². The van der Waals surface area contributed by atoms with Crippen molar-refractivity contribution in [3.63, 3.8) is 0 Å². The van der Waals surface area contributed by atoms with Crippen molar-refractivity contribution >= 4 is 85.3 Å². The molecule has 0 aromatic heterocycles. The van der Waals surface area contributed by atoms with Crippen LogP contribution in [0.25, 0.3) is 0 Å². The van der Waals surface area contributed by atoms with Gasteiger partial charge in [0.1, 0.15) is 0 Å². The number of allylic oxidation sites excluding steroid dienone is 8. The smallest absolute Gasteiger partial charge is 0.186 e. The molecule has 0 saturated carbocycles. The Balaban J connectivity index is -0.00000381. The minimum Gasteiger partial charge on any atom is -0.288 e. The molecule has 0 bridgehead atoms. The van der Waals surface area contributed by atoms with Gasteiger partial charge in [-0.15, -0.1) is 12.6 Å². The molecule has 0 amide bonds. The molecule has 0 aromatic carbocycles. The maximum atomic E-state index is 14.5. The van der Waals surface area contributed by atoms with Gasteiger partial charge in [-0.1, -0.05) is 411 Å². The van der Waals surface area contributed by atoms with Crippen molar-refractivity contribution < 1.29 is 24.0 Å². The third kappa shape index (κ3) is 43.7. The zero-order valence-electron chi connectivity index (χ0n) is 86.2. The first-order valence-corrected chi connectivity index (χ1v) is 55.6. The van der Waals surface area contributed by atoms with Gasteiger partial charge in [-0.3, -0.25) is 24.0 Å². The van der Waals surface area contributed by atoms with Crippen LogP contribution in [0.5, 0.6) is 0 Å². The highest BCUT2D eigenvalue weighted by Crippen LogP contribution is 2.59. The molecule has 120 heavy (non-hydrogen) atoms. The van der Waals surface area contributed by atoms with Crippen molar-refractivity contribution in [1.29, 1.82) is 0 Å². The van der Waals surface area contributed by atoms with Gasteiger partial charge in [-0.05, 0) is 253 Å². The second-order valence-corrected chi connectivity index (χ2v) is 44.6. The number of thioether (sulfide) groups is 4. The van der Waals surface area contributed by atoms with Gasteiger partial charge in [-0.25, -0.2) is 0 Å². The summed E-state index contributed by atoms with van der Waals surface area (Å²) in [5.74, 6) is 6.75. The molecule has 5 nitrogen and oxygen atoms in total. The maximum absolute atomic E-state index is 14.5. The molecule has 0 aromatic rings. The second kappa shape index (κ2) is 70.9. The third-order valence-corrected chi connectivity index (χ3v) is 35.3. The summed E-state index contributed by atoms with van der Waals surface area (Å²) in [6, 6.07) is 0. The SMILES string of the molecule is CC(=O)S.CC/C=C/C(CC)(CC(C)/C=C(\CC)C(CC)CCC)C(CC)CCC.CC/C=C/C(CC)(CC(CC(CC)(CCC(SC(C)=O)C(CC)(CC(/C=C(\CC)C(CC)CCC)CC(CC(C)C(SC(C)=O)C(CC)C(CC)CCC)CC(CC)(SC(C)=O)C(CC)CCC)C(CC)CCC)C(CC)CCC)SC(C)=O)C(CC)CCC. The average molecular weight is 1770 g/mol. The fourth-order valence-corrected chi connectivity index (χ4v) is 29.6. The molecule has 0 spiro atoms. The molecular formula is C110H208O5S5. The lowest BCUT2D eigenvalue weighted by atomic mass is 9.59. The Kier molecular flexibility index (Phi) is 72.8. The summed E-state index contributed by atoms with van der Waals surface area (Å²) in [5, 5.41) is 1.42. The number of hydrogen-bond donors (Lipinski definition) is 1. The summed E-state index contributed by atoms with van der Waals surface area (Å²) < 4.78 is -0.186. The Bertz CT molecular complexity index is 2730. The summed E-state index contributed by atoms with van der Waals surface area (Å²) in [6.07, 6.45) is 64.8. The standard InChI is InChI=1S/C82H154O4S4.C26H50.C2H4OS/c1-25-44-52-79(40-16,71(35-11)47-28-4)59-75(87-62(21)83)60-80(41-17,72(36-12)48-29-5)53-51-77(88-63(22)84)81(42-18,73(37-13)49-30-6)57-67(56-70(34-10)68(32-8)45-26-2)55-66(58-82(43-19,90-65(24)86)74(38-14)50-31-7)54-61(20)78(89-64(23)85)76(39-15)69(33-9)46-27-3;1-9-16-19-26(15-7,25(14-6)18-11-3)21-22(8)20-24(13-5)23(12-4)17-10-2;1-2(3)4/h44,52,56,61,66-69,71-78H,25-43,45-51,53-55,57-60H2,1-24H3;16,19-20,22-23,25H,9-15,17-18,21H2,1-8H3;1H3,(H,3,4)/b52-44+,70-56+;19-16+,24-20+;. The highest BCUT2D eigenvalue weighted by molar-refractivity contribution is 8.15.